The largest absolute Gasteiger partial charge is 0.442 e. The second-order valence-electron chi connectivity index (χ2n) is 12.5. The Kier molecular flexibility index (Phi) is 8.99. The quantitative estimate of drug-likeness (QED) is 0.0895. The second kappa shape index (κ2) is 13.0. The molecule has 1 aliphatic carbocycles. The lowest BCUT2D eigenvalue weighted by atomic mass is 9.90. The van der Waals surface area contributed by atoms with E-state index in [0.29, 0.717) is 65.2 Å². The summed E-state index contributed by atoms with van der Waals surface area (Å²) in [6, 6.07) is 13.6. The zero-order chi connectivity index (χ0) is 34.2. The van der Waals surface area contributed by atoms with Crippen molar-refractivity contribution in [3.05, 3.63) is 93.8 Å². The van der Waals surface area contributed by atoms with Crippen molar-refractivity contribution in [3.8, 4) is 17.5 Å². The highest BCUT2D eigenvalue weighted by Crippen LogP contribution is 2.43. The third-order valence-electron chi connectivity index (χ3n) is 8.28. The van der Waals surface area contributed by atoms with Crippen LogP contribution in [0.5, 0.6) is 0 Å². The van der Waals surface area contributed by atoms with Crippen LogP contribution in [-0.2, 0) is 27.9 Å². The van der Waals surface area contributed by atoms with Crippen LogP contribution in [0.2, 0.25) is 0 Å². The maximum Gasteiger partial charge on any atom is 0.289 e. The summed E-state index contributed by atoms with van der Waals surface area (Å²) in [6.07, 6.45) is 11.1. The molecule has 1 aliphatic rings. The number of anilines is 1. The molecule has 0 radical (unpaired) electrons. The third-order valence-corrected chi connectivity index (χ3v) is 11.6. The molecule has 6 rings (SSSR count). The fraction of sp³-hybridized carbons (Fsp3) is 0.333. The molecule has 15 heteroatoms. The molecule has 0 aliphatic heterocycles. The van der Waals surface area contributed by atoms with Crippen LogP contribution in [0, 0.1) is 28.4 Å². The first-order chi connectivity index (χ1) is 22.9. The molecule has 3 aromatic heterocycles. The van der Waals surface area contributed by atoms with E-state index in [0.717, 1.165) is 11.3 Å². The van der Waals surface area contributed by atoms with Gasteiger partial charge in [0.15, 0.2) is 17.0 Å². The molecule has 1 atom stereocenters. The molecule has 1 unspecified atom stereocenters. The van der Waals surface area contributed by atoms with Gasteiger partial charge in [-0.05, 0) is 80.8 Å². The molecule has 5 aromatic rings. The third kappa shape index (κ3) is 6.38. The highest BCUT2D eigenvalue weighted by atomic mass is 32.3. The topological polar surface area (TPSA) is 170 Å². The summed E-state index contributed by atoms with van der Waals surface area (Å²) < 4.78 is 44.1. The molecule has 0 amide bonds. The van der Waals surface area contributed by atoms with Crippen LogP contribution in [0.25, 0.3) is 22.4 Å². The fourth-order valence-electron chi connectivity index (χ4n) is 5.91. The number of nitrogens with zero attached hydrogens (tertiary/aromatic N) is 7. The number of sulfonamides is 1. The molecule has 0 fully saturated rings. The predicted molar refractivity (Wildman–Crippen MR) is 184 cm³/mol. The maximum absolute atomic E-state index is 14.8. The Labute approximate surface area is 279 Å². The summed E-state index contributed by atoms with van der Waals surface area (Å²) in [5, 5.41) is 27.1. The number of para-hydroxylation sites is 1. The van der Waals surface area contributed by atoms with Crippen LogP contribution < -0.4 is 4.31 Å². The van der Waals surface area contributed by atoms with Gasteiger partial charge in [0.05, 0.1) is 51.9 Å². The van der Waals surface area contributed by atoms with Crippen molar-refractivity contribution in [2.75, 3.05) is 35.4 Å². The summed E-state index contributed by atoms with van der Waals surface area (Å²) >= 11 is 0. The lowest BCUT2D eigenvalue weighted by Gasteiger charge is -2.36. The number of hydrogen-bond donors (Lipinski definition) is 0. The summed E-state index contributed by atoms with van der Waals surface area (Å²) in [7, 11) is -5.31. The fourth-order valence-corrected chi connectivity index (χ4v) is 8.33. The minimum Gasteiger partial charge on any atom is -0.442 e. The van der Waals surface area contributed by atoms with Gasteiger partial charge in [-0.2, -0.15) is 10.4 Å². The van der Waals surface area contributed by atoms with Crippen LogP contribution in [-0.4, -0.2) is 64.2 Å². The lowest BCUT2D eigenvalue weighted by molar-refractivity contribution is -0.387. The monoisotopic (exact) mass is 689 g/mol. The van der Waals surface area contributed by atoms with Crippen molar-refractivity contribution in [3.63, 3.8) is 0 Å². The van der Waals surface area contributed by atoms with Crippen molar-refractivity contribution >= 4 is 42.3 Å². The van der Waals surface area contributed by atoms with Gasteiger partial charge in [0.1, 0.15) is 18.5 Å². The molecule has 0 N–H and O–H groups in total. The van der Waals surface area contributed by atoms with Gasteiger partial charge in [-0.1, -0.05) is 12.1 Å². The Bertz CT molecular complexity index is 2150. The van der Waals surface area contributed by atoms with Crippen LogP contribution >= 0.6 is 10.0 Å². The number of aromatic nitrogens is 4. The van der Waals surface area contributed by atoms with Gasteiger partial charge in [0.2, 0.25) is 0 Å². The number of nitriles is 1. The van der Waals surface area contributed by atoms with Crippen molar-refractivity contribution in [2.24, 2.45) is 0 Å². The van der Waals surface area contributed by atoms with Crippen LogP contribution in [0.1, 0.15) is 41.4 Å². The Morgan fingerprint density at radius 1 is 1.19 bits per heavy atom. The number of rotatable bonds is 11. The van der Waals surface area contributed by atoms with E-state index in [2.05, 4.69) is 29.8 Å². The molecule has 0 bridgehead atoms. The molecule has 2 aromatic carbocycles. The number of hydrogen-bond acceptors (Lipinski definition) is 10. The van der Waals surface area contributed by atoms with Gasteiger partial charge in [0.25, 0.3) is 15.7 Å². The summed E-state index contributed by atoms with van der Waals surface area (Å²) in [5.41, 5.74) is 3.01. The number of aryl methyl sites for hydroxylation is 2. The molecule has 0 spiro atoms. The Hall–Kier alpha value is -4.78. The number of benzene rings is 2. The normalized spacial score (nSPS) is 15.2. The van der Waals surface area contributed by atoms with E-state index < -0.39 is 41.6 Å². The predicted octanol–water partition coefficient (Wildman–Crippen LogP) is 6.12. The highest BCUT2D eigenvalue weighted by molar-refractivity contribution is 8.32. The van der Waals surface area contributed by atoms with E-state index in [1.54, 1.807) is 35.9 Å². The zero-order valence-electron chi connectivity index (χ0n) is 27.0. The first-order valence-electron chi connectivity index (χ1n) is 15.2. The van der Waals surface area contributed by atoms with E-state index >= 15 is 0 Å². The molecule has 0 saturated carbocycles. The molecule has 0 saturated heterocycles. The van der Waals surface area contributed by atoms with Crippen molar-refractivity contribution in [1.82, 2.24) is 19.7 Å². The smallest absolute Gasteiger partial charge is 0.289 e. The van der Waals surface area contributed by atoms with Crippen molar-refractivity contribution < 1.29 is 22.5 Å². The first-order valence-corrected chi connectivity index (χ1v) is 19.7. The zero-order valence-corrected chi connectivity index (χ0v) is 28.6. The van der Waals surface area contributed by atoms with E-state index in [-0.39, 0.29) is 12.4 Å². The van der Waals surface area contributed by atoms with E-state index in [1.165, 1.54) is 41.2 Å². The van der Waals surface area contributed by atoms with Gasteiger partial charge in [0, 0.05) is 17.2 Å². The molecule has 3 heterocycles. The molecule has 48 heavy (non-hydrogen) atoms. The van der Waals surface area contributed by atoms with Gasteiger partial charge >= 0.3 is 0 Å². The van der Waals surface area contributed by atoms with Crippen molar-refractivity contribution in [1.29, 1.82) is 5.26 Å². The Balaban J connectivity index is 1.54. The van der Waals surface area contributed by atoms with Crippen LogP contribution in [0.3, 0.4) is 0 Å². The standard InChI is InChI=1S/C33H35N7O6S2/c1-22-24(18-34)16-23-8-7-10-29(32(23)36-22)39(48(43,44)31-11-6-5-9-28(31)40(41)42)25-12-13-27-26(17-25)33(30-19-35-20-46-30)37-38(27)21-45-14-15-47(2,3)4/h5-6,9,11-13,16-17,19-20,29H,7-8,10,14-15,21H2,1-4H3. The highest BCUT2D eigenvalue weighted by Gasteiger charge is 2.40. The minimum absolute atomic E-state index is 0.165. The summed E-state index contributed by atoms with van der Waals surface area (Å²) in [4.78, 5) is 19.7. The minimum atomic E-state index is -4.56. The van der Waals surface area contributed by atoms with Gasteiger partial charge < -0.3 is 9.15 Å². The van der Waals surface area contributed by atoms with E-state index in [1.807, 2.05) is 0 Å². The Morgan fingerprint density at radius 2 is 1.98 bits per heavy atom. The molecule has 250 valence electrons. The average molecular weight is 690 g/mol. The summed E-state index contributed by atoms with van der Waals surface area (Å²) in [5.74, 6) is 1.31. The SMILES string of the molecule is Cc1nc2c(cc1C#N)CCCC2N(c1ccc2c(c1)c(-c1cnco1)nn2COCCS(C)(C)C)S(=O)(=O)c1ccccc1[N+](=O)[O-]. The van der Waals surface area contributed by atoms with Gasteiger partial charge in [-0.15, -0.1) is 0 Å². The number of ether oxygens (including phenoxy) is 1. The number of oxazole rings is 1. The second-order valence-corrected chi connectivity index (χ2v) is 18.8. The van der Waals surface area contributed by atoms with Crippen LogP contribution in [0.15, 0.2) is 70.4 Å². The molecule has 13 nitrogen and oxygen atoms in total. The Morgan fingerprint density at radius 3 is 2.69 bits per heavy atom. The molecular weight excluding hydrogens is 655 g/mol. The van der Waals surface area contributed by atoms with E-state index in [9.17, 15) is 23.8 Å². The summed E-state index contributed by atoms with van der Waals surface area (Å²) in [6.45, 7) is 2.43. The number of pyridine rings is 1. The maximum atomic E-state index is 14.8. The number of nitro groups is 1. The number of nitro benzene ring substituents is 1. The van der Waals surface area contributed by atoms with E-state index in [4.69, 9.17) is 19.2 Å². The van der Waals surface area contributed by atoms with Gasteiger partial charge in [-0.25, -0.2) is 28.1 Å². The first kappa shape index (κ1) is 33.1. The molecular formula is C33H35N7O6S2. The average Bonchev–Trinajstić information content (AvgIpc) is 3.71. The lowest BCUT2D eigenvalue weighted by Crippen LogP contribution is -2.38. The van der Waals surface area contributed by atoms with Gasteiger partial charge in [-0.3, -0.25) is 19.4 Å². The number of fused-ring (bicyclic) bond motifs is 2. The van der Waals surface area contributed by atoms with Crippen LogP contribution in [0.4, 0.5) is 11.4 Å². The van der Waals surface area contributed by atoms with Crippen molar-refractivity contribution in [2.45, 2.75) is 43.9 Å².